The molecule has 5 heteroatoms. The summed E-state index contributed by atoms with van der Waals surface area (Å²) in [6.45, 7) is 0. The molecule has 0 radical (unpaired) electrons. The second kappa shape index (κ2) is 5.03. The van der Waals surface area contributed by atoms with E-state index in [1.165, 1.54) is 0 Å². The number of nitrogens with zero attached hydrogens (tertiary/aromatic N) is 1. The van der Waals surface area contributed by atoms with Crippen molar-refractivity contribution in [3.05, 3.63) is 0 Å². The first kappa shape index (κ1) is 9.21. The van der Waals surface area contributed by atoms with Crippen LogP contribution in [0.4, 0.5) is 0 Å². The SMILES string of the molecule is N=C(CCl)N=C(Cl)CCl. The summed E-state index contributed by atoms with van der Waals surface area (Å²) < 4.78 is 0. The number of hydrogen-bond donors (Lipinski definition) is 1. The van der Waals surface area contributed by atoms with Crippen molar-refractivity contribution >= 4 is 45.8 Å². The Kier molecular flexibility index (Phi) is 5.15. The molecule has 52 valence electrons. The third-order valence-corrected chi connectivity index (χ3v) is 1.35. The van der Waals surface area contributed by atoms with Crippen LogP contribution < -0.4 is 0 Å². The molecular formula is C4H5Cl3N2. The van der Waals surface area contributed by atoms with E-state index in [2.05, 4.69) is 4.99 Å². The van der Waals surface area contributed by atoms with Gasteiger partial charge in [-0.05, 0) is 0 Å². The molecule has 1 N–H and O–H groups in total. The van der Waals surface area contributed by atoms with Crippen molar-refractivity contribution in [3.8, 4) is 0 Å². The van der Waals surface area contributed by atoms with E-state index in [9.17, 15) is 0 Å². The molecule has 0 aliphatic heterocycles. The Bertz CT molecular complexity index is 132. The lowest BCUT2D eigenvalue weighted by atomic mass is 10.7. The highest BCUT2D eigenvalue weighted by atomic mass is 35.5. The van der Waals surface area contributed by atoms with Gasteiger partial charge in [0.25, 0.3) is 0 Å². The van der Waals surface area contributed by atoms with Gasteiger partial charge in [0.05, 0.1) is 11.8 Å². The zero-order valence-corrected chi connectivity index (χ0v) is 6.76. The topological polar surface area (TPSA) is 36.2 Å². The van der Waals surface area contributed by atoms with Crippen LogP contribution in [0.5, 0.6) is 0 Å². The van der Waals surface area contributed by atoms with E-state index in [1.54, 1.807) is 0 Å². The fourth-order valence-electron chi connectivity index (χ4n) is 0.206. The predicted octanol–water partition coefficient (Wildman–Crippen LogP) is 2.08. The fourth-order valence-corrected chi connectivity index (χ4v) is 0.428. The second-order valence-corrected chi connectivity index (χ2v) is 2.17. The molecule has 0 aliphatic carbocycles. The number of rotatable bonds is 2. The molecule has 0 aromatic carbocycles. The zero-order chi connectivity index (χ0) is 7.28. The van der Waals surface area contributed by atoms with Gasteiger partial charge in [0.15, 0.2) is 0 Å². The quantitative estimate of drug-likeness (QED) is 0.390. The highest BCUT2D eigenvalue weighted by Gasteiger charge is 1.92. The number of nitrogens with one attached hydrogen (secondary N) is 1. The maximum Gasteiger partial charge on any atom is 0.136 e. The monoisotopic (exact) mass is 186 g/mol. The standard InChI is InChI=1S/C4H5Cl3N2/c5-1-3(7)9-4(8)2-6/h8H,1-2H2. The largest absolute Gasteiger partial charge is 0.286 e. The van der Waals surface area contributed by atoms with E-state index in [4.69, 9.17) is 40.2 Å². The molecule has 9 heavy (non-hydrogen) atoms. The normalized spacial score (nSPS) is 11.7. The highest BCUT2D eigenvalue weighted by Crippen LogP contribution is 1.91. The van der Waals surface area contributed by atoms with Crippen LogP contribution in [-0.2, 0) is 0 Å². The maximum atomic E-state index is 6.91. The Hall–Kier alpha value is 0.210. The molecule has 0 unspecified atom stereocenters. The number of alkyl halides is 2. The first-order chi connectivity index (χ1) is 4.20. The number of amidine groups is 1. The Morgan fingerprint density at radius 2 is 1.89 bits per heavy atom. The van der Waals surface area contributed by atoms with E-state index >= 15 is 0 Å². The van der Waals surface area contributed by atoms with Gasteiger partial charge in [-0.2, -0.15) is 0 Å². The number of hydrogen-bond acceptors (Lipinski definition) is 1. The fraction of sp³-hybridized carbons (Fsp3) is 0.500. The molecule has 0 fully saturated rings. The van der Waals surface area contributed by atoms with Crippen LogP contribution in [0.25, 0.3) is 0 Å². The molecule has 2 nitrogen and oxygen atoms in total. The van der Waals surface area contributed by atoms with Gasteiger partial charge < -0.3 is 0 Å². The van der Waals surface area contributed by atoms with Crippen LogP contribution >= 0.6 is 34.8 Å². The van der Waals surface area contributed by atoms with Gasteiger partial charge in [0.2, 0.25) is 0 Å². The molecule has 0 spiro atoms. The zero-order valence-electron chi connectivity index (χ0n) is 4.50. The lowest BCUT2D eigenvalue weighted by molar-refractivity contribution is 1.42. The molecular weight excluding hydrogens is 182 g/mol. The smallest absolute Gasteiger partial charge is 0.136 e. The van der Waals surface area contributed by atoms with Crippen molar-refractivity contribution in [2.45, 2.75) is 0 Å². The molecule has 0 saturated heterocycles. The van der Waals surface area contributed by atoms with Gasteiger partial charge in [-0.1, -0.05) is 11.6 Å². The lowest BCUT2D eigenvalue weighted by Gasteiger charge is -1.89. The molecule has 0 aromatic heterocycles. The van der Waals surface area contributed by atoms with Crippen LogP contribution in [0.2, 0.25) is 0 Å². The third kappa shape index (κ3) is 4.70. The molecule has 0 aromatic rings. The molecule has 0 saturated carbocycles. The summed E-state index contributed by atoms with van der Waals surface area (Å²) >= 11 is 15.8. The van der Waals surface area contributed by atoms with Crippen molar-refractivity contribution in [3.63, 3.8) is 0 Å². The molecule has 0 heterocycles. The Labute approximate surface area is 68.3 Å². The molecule has 0 aliphatic rings. The van der Waals surface area contributed by atoms with Gasteiger partial charge >= 0.3 is 0 Å². The van der Waals surface area contributed by atoms with Crippen LogP contribution in [0.1, 0.15) is 0 Å². The minimum absolute atomic E-state index is 0.0299. The summed E-state index contributed by atoms with van der Waals surface area (Å²) in [5.74, 6) is 0.218. The third-order valence-electron chi connectivity index (χ3n) is 0.493. The van der Waals surface area contributed by atoms with E-state index in [1.807, 2.05) is 0 Å². The average molecular weight is 187 g/mol. The molecule has 0 amide bonds. The van der Waals surface area contributed by atoms with Crippen LogP contribution in [-0.4, -0.2) is 22.8 Å². The van der Waals surface area contributed by atoms with Gasteiger partial charge in [-0.25, -0.2) is 4.99 Å². The predicted molar refractivity (Wildman–Crippen MR) is 42.5 cm³/mol. The highest BCUT2D eigenvalue weighted by molar-refractivity contribution is 6.70. The summed E-state index contributed by atoms with van der Waals surface area (Å²) in [4.78, 5) is 3.52. The average Bonchev–Trinajstić information content (AvgIpc) is 1.87. The van der Waals surface area contributed by atoms with Gasteiger partial charge in [-0.15, -0.1) is 23.2 Å². The lowest BCUT2D eigenvalue weighted by Crippen LogP contribution is -1.98. The molecule has 0 bridgehead atoms. The summed E-state index contributed by atoms with van der Waals surface area (Å²) in [5.41, 5.74) is 0. The Balaban J connectivity index is 3.79. The summed E-state index contributed by atoms with van der Waals surface area (Å²) in [6.07, 6.45) is 0. The maximum absolute atomic E-state index is 6.91. The van der Waals surface area contributed by atoms with E-state index < -0.39 is 0 Å². The summed E-state index contributed by atoms with van der Waals surface area (Å²) in [7, 11) is 0. The Morgan fingerprint density at radius 3 is 2.22 bits per heavy atom. The minimum Gasteiger partial charge on any atom is -0.286 e. The number of aliphatic imine (C=N–C) groups is 1. The Morgan fingerprint density at radius 1 is 1.33 bits per heavy atom. The van der Waals surface area contributed by atoms with Crippen LogP contribution in [0.3, 0.4) is 0 Å². The first-order valence-electron chi connectivity index (χ1n) is 2.13. The van der Waals surface area contributed by atoms with Crippen molar-refractivity contribution in [1.82, 2.24) is 0 Å². The number of halogens is 3. The van der Waals surface area contributed by atoms with E-state index in [0.717, 1.165) is 0 Å². The van der Waals surface area contributed by atoms with Gasteiger partial charge in [-0.3, -0.25) is 5.41 Å². The van der Waals surface area contributed by atoms with Crippen molar-refractivity contribution in [2.75, 3.05) is 11.8 Å². The minimum atomic E-state index is 0.0299. The van der Waals surface area contributed by atoms with E-state index in [0.29, 0.717) is 0 Å². The second-order valence-electron chi connectivity index (χ2n) is 1.20. The first-order valence-corrected chi connectivity index (χ1v) is 3.57. The van der Waals surface area contributed by atoms with E-state index in [-0.39, 0.29) is 22.8 Å². The van der Waals surface area contributed by atoms with Crippen molar-refractivity contribution in [2.24, 2.45) is 4.99 Å². The van der Waals surface area contributed by atoms with Crippen LogP contribution in [0.15, 0.2) is 4.99 Å². The van der Waals surface area contributed by atoms with Crippen molar-refractivity contribution in [1.29, 1.82) is 5.41 Å². The van der Waals surface area contributed by atoms with Gasteiger partial charge in [0.1, 0.15) is 11.0 Å². The molecule has 0 atom stereocenters. The summed E-state index contributed by atoms with van der Waals surface area (Å²) in [5, 5.41) is 7.11. The summed E-state index contributed by atoms with van der Waals surface area (Å²) in [6, 6.07) is 0. The van der Waals surface area contributed by atoms with Gasteiger partial charge in [0, 0.05) is 0 Å². The van der Waals surface area contributed by atoms with Crippen molar-refractivity contribution < 1.29 is 0 Å². The van der Waals surface area contributed by atoms with Crippen LogP contribution in [0, 0.1) is 5.41 Å². The molecule has 0 rings (SSSR count).